The fourth-order valence-corrected chi connectivity index (χ4v) is 4.00. The number of nitrogens with one attached hydrogen (secondary N) is 2. The summed E-state index contributed by atoms with van der Waals surface area (Å²) in [6.45, 7) is 5.20. The molecule has 0 unspecified atom stereocenters. The molecular weight excluding hydrogens is 476 g/mol. The van der Waals surface area contributed by atoms with Crippen molar-refractivity contribution in [3.05, 3.63) is 17.6 Å². The van der Waals surface area contributed by atoms with E-state index in [1.165, 1.54) is 5.56 Å². The first-order chi connectivity index (χ1) is 17.0. The lowest BCUT2D eigenvalue weighted by atomic mass is 9.93. The molecule has 1 aromatic heterocycles. The number of fused-ring (bicyclic) bond motifs is 1. The van der Waals surface area contributed by atoms with Crippen molar-refractivity contribution in [1.82, 2.24) is 20.2 Å². The van der Waals surface area contributed by atoms with Crippen LogP contribution >= 0.6 is 0 Å². The standard InChI is InChI=1S/C16H22N6O.C6H8O7/c1-11-4-7-22(15(23)2-5-17)9-14(11)19-8-13-12-3-6-18-16(12)21-10-20-13;7-3(8)1-6(13,5(11)12)2-4(9)10/h10-11,14,19H,2-4,6-9H2,1H3,(H,18,20,21);13H,1-2H2,(H,7,8)(H,9,10)(H,11,12)/t11-,14+;/m1./s1. The molecule has 196 valence electrons. The van der Waals surface area contributed by atoms with Crippen molar-refractivity contribution in [2.75, 3.05) is 25.0 Å². The number of aromatic nitrogens is 2. The van der Waals surface area contributed by atoms with Gasteiger partial charge in [-0.1, -0.05) is 6.92 Å². The van der Waals surface area contributed by atoms with Crippen LogP contribution < -0.4 is 10.6 Å². The first kappa shape index (κ1) is 28.4. The molecule has 14 heteroatoms. The molecule has 1 aromatic rings. The highest BCUT2D eigenvalue weighted by atomic mass is 16.4. The van der Waals surface area contributed by atoms with Gasteiger partial charge in [0.05, 0.1) is 24.6 Å². The molecule has 0 spiro atoms. The molecule has 3 heterocycles. The van der Waals surface area contributed by atoms with Crippen molar-refractivity contribution in [2.45, 2.75) is 57.2 Å². The summed E-state index contributed by atoms with van der Waals surface area (Å²) in [5, 5.41) is 49.3. The summed E-state index contributed by atoms with van der Waals surface area (Å²) in [6.07, 6.45) is 1.19. The maximum atomic E-state index is 11.9. The van der Waals surface area contributed by atoms with E-state index in [1.54, 1.807) is 11.2 Å². The van der Waals surface area contributed by atoms with Gasteiger partial charge in [-0.05, 0) is 18.8 Å². The Morgan fingerprint density at radius 2 is 1.89 bits per heavy atom. The lowest BCUT2D eigenvalue weighted by molar-refractivity contribution is -0.170. The summed E-state index contributed by atoms with van der Waals surface area (Å²) < 4.78 is 0. The van der Waals surface area contributed by atoms with Gasteiger partial charge >= 0.3 is 17.9 Å². The van der Waals surface area contributed by atoms with Crippen LogP contribution in [0.25, 0.3) is 0 Å². The summed E-state index contributed by atoms with van der Waals surface area (Å²) >= 11 is 0. The first-order valence-corrected chi connectivity index (χ1v) is 11.3. The van der Waals surface area contributed by atoms with E-state index >= 15 is 0 Å². The molecule has 2 atom stereocenters. The fourth-order valence-electron chi connectivity index (χ4n) is 4.00. The van der Waals surface area contributed by atoms with Gasteiger partial charge in [-0.2, -0.15) is 5.26 Å². The molecule has 0 saturated carbocycles. The minimum atomic E-state index is -2.74. The maximum absolute atomic E-state index is 11.9. The third kappa shape index (κ3) is 7.85. The second kappa shape index (κ2) is 12.8. The van der Waals surface area contributed by atoms with Crippen LogP contribution in [0.4, 0.5) is 5.82 Å². The highest BCUT2D eigenvalue weighted by Gasteiger charge is 2.40. The molecule has 2 aliphatic heterocycles. The van der Waals surface area contributed by atoms with E-state index in [0.717, 1.165) is 37.4 Å². The van der Waals surface area contributed by atoms with E-state index in [2.05, 4.69) is 27.5 Å². The van der Waals surface area contributed by atoms with Crippen molar-refractivity contribution in [1.29, 1.82) is 5.26 Å². The molecule has 1 fully saturated rings. The van der Waals surface area contributed by atoms with Crippen LogP contribution in [0.15, 0.2) is 6.33 Å². The van der Waals surface area contributed by atoms with Crippen molar-refractivity contribution < 1.29 is 39.6 Å². The number of carboxylic acid groups (broad SMARTS) is 3. The Kier molecular flexibility index (Phi) is 10.1. The van der Waals surface area contributed by atoms with Gasteiger partial charge in [-0.15, -0.1) is 0 Å². The normalized spacial score (nSPS) is 18.6. The number of aliphatic hydroxyl groups is 1. The van der Waals surface area contributed by atoms with E-state index in [1.807, 2.05) is 6.07 Å². The van der Waals surface area contributed by atoms with Gasteiger partial charge in [0.1, 0.15) is 18.6 Å². The van der Waals surface area contributed by atoms with Gasteiger partial charge in [0.25, 0.3) is 0 Å². The van der Waals surface area contributed by atoms with Crippen molar-refractivity contribution in [3.63, 3.8) is 0 Å². The number of carbonyl (C=O) groups excluding carboxylic acids is 1. The molecule has 0 bridgehead atoms. The Bertz CT molecular complexity index is 1010. The van der Waals surface area contributed by atoms with Crippen LogP contribution in [0.3, 0.4) is 0 Å². The number of anilines is 1. The Hall–Kier alpha value is -3.83. The fraction of sp³-hybridized carbons (Fsp3) is 0.591. The number of amides is 1. The molecule has 0 radical (unpaired) electrons. The second-order valence-corrected chi connectivity index (χ2v) is 8.73. The van der Waals surface area contributed by atoms with E-state index in [0.29, 0.717) is 19.0 Å². The zero-order valence-corrected chi connectivity index (χ0v) is 19.8. The van der Waals surface area contributed by atoms with Gasteiger partial charge in [-0.25, -0.2) is 14.8 Å². The molecule has 2 aliphatic rings. The first-order valence-electron chi connectivity index (χ1n) is 11.3. The number of likely N-dealkylation sites (tertiary alicyclic amines) is 1. The summed E-state index contributed by atoms with van der Waals surface area (Å²) in [4.78, 5) is 52.9. The Morgan fingerprint density at radius 3 is 2.47 bits per heavy atom. The molecule has 1 amide bonds. The zero-order valence-electron chi connectivity index (χ0n) is 19.8. The van der Waals surface area contributed by atoms with E-state index in [9.17, 15) is 19.2 Å². The minimum absolute atomic E-state index is 0.0355. The molecular formula is C22H30N6O8. The number of carbonyl (C=O) groups is 4. The second-order valence-electron chi connectivity index (χ2n) is 8.73. The zero-order chi connectivity index (χ0) is 26.9. The number of nitriles is 1. The van der Waals surface area contributed by atoms with Gasteiger partial charge in [0.15, 0.2) is 5.60 Å². The number of carboxylic acids is 3. The smallest absolute Gasteiger partial charge is 0.336 e. The highest BCUT2D eigenvalue weighted by Crippen LogP contribution is 2.23. The van der Waals surface area contributed by atoms with E-state index in [-0.39, 0.29) is 18.4 Å². The van der Waals surface area contributed by atoms with Gasteiger partial charge in [-0.3, -0.25) is 14.4 Å². The summed E-state index contributed by atoms with van der Waals surface area (Å²) in [6, 6.07) is 2.17. The molecule has 1 saturated heterocycles. The van der Waals surface area contributed by atoms with Gasteiger partial charge < -0.3 is 36.0 Å². The van der Waals surface area contributed by atoms with Crippen LogP contribution in [-0.4, -0.2) is 90.4 Å². The molecule has 14 nitrogen and oxygen atoms in total. The Morgan fingerprint density at radius 1 is 1.22 bits per heavy atom. The van der Waals surface area contributed by atoms with Crippen molar-refractivity contribution in [2.24, 2.45) is 5.92 Å². The highest BCUT2D eigenvalue weighted by molar-refractivity contribution is 5.88. The SMILES string of the molecule is C[C@@H]1CCN(C(=O)CC#N)C[C@@H]1NCc1ncnc2c1CCN2.O=C(O)CC(O)(CC(=O)O)C(=O)O. The van der Waals surface area contributed by atoms with Gasteiger partial charge in [0, 0.05) is 37.8 Å². The van der Waals surface area contributed by atoms with Crippen LogP contribution in [-0.2, 0) is 32.1 Å². The molecule has 0 aliphatic carbocycles. The monoisotopic (exact) mass is 506 g/mol. The van der Waals surface area contributed by atoms with Crippen LogP contribution in [0.1, 0.15) is 43.9 Å². The van der Waals surface area contributed by atoms with Crippen molar-refractivity contribution in [3.8, 4) is 6.07 Å². The van der Waals surface area contributed by atoms with Gasteiger partial charge in [0.2, 0.25) is 5.91 Å². The van der Waals surface area contributed by atoms with Crippen LogP contribution in [0, 0.1) is 17.2 Å². The van der Waals surface area contributed by atoms with E-state index in [4.69, 9.17) is 25.7 Å². The quantitative estimate of drug-likeness (QED) is 0.247. The molecule has 36 heavy (non-hydrogen) atoms. The summed E-state index contributed by atoms with van der Waals surface area (Å²) in [5.74, 6) is -3.65. The minimum Gasteiger partial charge on any atom is -0.481 e. The lowest BCUT2D eigenvalue weighted by Gasteiger charge is -2.37. The average Bonchev–Trinajstić information content (AvgIpc) is 3.27. The summed E-state index contributed by atoms with van der Waals surface area (Å²) in [5.41, 5.74) is -0.508. The predicted octanol–water partition coefficient (Wildman–Crippen LogP) is -0.564. The topological polar surface area (TPSA) is 226 Å². The molecule has 3 rings (SSSR count). The molecule has 6 N–H and O–H groups in total. The maximum Gasteiger partial charge on any atom is 0.336 e. The lowest BCUT2D eigenvalue weighted by Crippen LogP contribution is -2.51. The number of rotatable bonds is 9. The molecule has 0 aromatic carbocycles. The number of hydrogen-bond donors (Lipinski definition) is 6. The third-order valence-electron chi connectivity index (χ3n) is 6.06. The number of aliphatic carboxylic acids is 3. The Labute approximate surface area is 207 Å². The largest absolute Gasteiger partial charge is 0.481 e. The summed E-state index contributed by atoms with van der Waals surface area (Å²) in [7, 11) is 0. The number of hydrogen-bond acceptors (Lipinski definition) is 10. The number of piperidine rings is 1. The third-order valence-corrected chi connectivity index (χ3v) is 6.06. The van der Waals surface area contributed by atoms with Crippen molar-refractivity contribution >= 4 is 29.6 Å². The number of nitrogens with zero attached hydrogens (tertiary/aromatic N) is 4. The predicted molar refractivity (Wildman–Crippen MR) is 123 cm³/mol. The van der Waals surface area contributed by atoms with E-state index < -0.39 is 36.4 Å². The van der Waals surface area contributed by atoms with Crippen LogP contribution in [0.5, 0.6) is 0 Å². The average molecular weight is 507 g/mol. The van der Waals surface area contributed by atoms with Crippen LogP contribution in [0.2, 0.25) is 0 Å². The Balaban J connectivity index is 0.000000302.